The summed E-state index contributed by atoms with van der Waals surface area (Å²) in [5.74, 6) is 1.80. The number of rotatable bonds is 6. The Bertz CT molecular complexity index is 1480. The predicted octanol–water partition coefficient (Wildman–Crippen LogP) is 3.27. The summed E-state index contributed by atoms with van der Waals surface area (Å²) >= 11 is 0. The number of halogens is 1. The summed E-state index contributed by atoms with van der Waals surface area (Å²) in [6.07, 6.45) is 4.09. The molecule has 0 unspecified atom stereocenters. The summed E-state index contributed by atoms with van der Waals surface area (Å²) in [6, 6.07) is 5.77. The molecule has 0 atom stereocenters. The van der Waals surface area contributed by atoms with Crippen LogP contribution in [0, 0.1) is 5.82 Å². The number of hydrogen-bond donors (Lipinski definition) is 1. The minimum Gasteiger partial charge on any atom is -0.381 e. The number of aryl methyl sites for hydroxylation is 1. The van der Waals surface area contributed by atoms with Gasteiger partial charge in [0.25, 0.3) is 0 Å². The Balaban J connectivity index is 1.25. The van der Waals surface area contributed by atoms with Crippen LogP contribution < -0.4 is 4.90 Å². The quantitative estimate of drug-likeness (QED) is 0.393. The number of piperazine rings is 1. The van der Waals surface area contributed by atoms with Gasteiger partial charge in [0, 0.05) is 82.2 Å². The van der Waals surface area contributed by atoms with E-state index in [1.807, 2.05) is 12.3 Å². The highest BCUT2D eigenvalue weighted by molar-refractivity contribution is 5.95. The van der Waals surface area contributed by atoms with E-state index in [4.69, 9.17) is 24.4 Å². The summed E-state index contributed by atoms with van der Waals surface area (Å²) in [6.45, 7) is 12.2. The van der Waals surface area contributed by atoms with Crippen molar-refractivity contribution in [2.45, 2.75) is 38.9 Å². The van der Waals surface area contributed by atoms with Gasteiger partial charge in [0.2, 0.25) is 0 Å². The molecule has 40 heavy (non-hydrogen) atoms. The fourth-order valence-electron chi connectivity index (χ4n) is 6.46. The first-order chi connectivity index (χ1) is 19.7. The van der Waals surface area contributed by atoms with Crippen molar-refractivity contribution in [1.82, 2.24) is 34.3 Å². The Morgan fingerprint density at radius 3 is 2.48 bits per heavy atom. The lowest BCUT2D eigenvalue weighted by Gasteiger charge is -2.40. The van der Waals surface area contributed by atoms with Gasteiger partial charge in [-0.3, -0.25) is 9.80 Å². The first kappa shape index (κ1) is 25.8. The molecular formula is C29H37FN8O2. The van der Waals surface area contributed by atoms with Crippen LogP contribution in [0.5, 0.6) is 0 Å². The molecule has 11 heteroatoms. The van der Waals surface area contributed by atoms with E-state index in [-0.39, 0.29) is 5.82 Å². The number of fused-ring (bicyclic) bond motifs is 2. The van der Waals surface area contributed by atoms with Crippen LogP contribution in [-0.2, 0) is 22.6 Å². The summed E-state index contributed by atoms with van der Waals surface area (Å²) in [5.41, 5.74) is 2.82. The van der Waals surface area contributed by atoms with Gasteiger partial charge >= 0.3 is 0 Å². The molecule has 0 saturated carbocycles. The van der Waals surface area contributed by atoms with Crippen molar-refractivity contribution in [3.8, 4) is 11.4 Å². The van der Waals surface area contributed by atoms with Crippen LogP contribution >= 0.6 is 0 Å². The van der Waals surface area contributed by atoms with Gasteiger partial charge in [-0.1, -0.05) is 0 Å². The molecule has 0 spiro atoms. The highest BCUT2D eigenvalue weighted by Gasteiger charge is 2.28. The zero-order chi connectivity index (χ0) is 27.1. The molecule has 4 aromatic rings. The summed E-state index contributed by atoms with van der Waals surface area (Å²) in [4.78, 5) is 25.6. The van der Waals surface area contributed by atoms with Crippen LogP contribution in [0.1, 0.15) is 25.6 Å². The standard InChI is InChI=1S/C29H37FN8O2/c1-2-38-24(19-35-9-11-36(12-10-35)20-6-15-39-16-7-20)32-26-28(37-13-17-40-18-14-37)33-27(34-29(26)38)25-21-5-8-31-23(21)4-3-22(25)30/h3-5,8,20,31H,2,6-7,9-19H2,1H3. The minimum absolute atomic E-state index is 0.329. The first-order valence-corrected chi connectivity index (χ1v) is 14.6. The highest BCUT2D eigenvalue weighted by Crippen LogP contribution is 2.34. The van der Waals surface area contributed by atoms with Gasteiger partial charge in [0.1, 0.15) is 11.6 Å². The van der Waals surface area contributed by atoms with E-state index in [2.05, 4.69) is 31.2 Å². The van der Waals surface area contributed by atoms with Crippen LogP contribution in [0.2, 0.25) is 0 Å². The smallest absolute Gasteiger partial charge is 0.167 e. The maximum atomic E-state index is 15.4. The molecule has 0 amide bonds. The molecule has 3 aliphatic heterocycles. The SMILES string of the molecule is CCn1c(CN2CCN(C3CCOCC3)CC2)nc2c(N3CCOCC3)nc(-c3c(F)ccc4[nH]ccc34)nc21. The Morgan fingerprint density at radius 1 is 0.925 bits per heavy atom. The van der Waals surface area contributed by atoms with Gasteiger partial charge in [0.05, 0.1) is 25.3 Å². The third kappa shape index (κ3) is 4.74. The van der Waals surface area contributed by atoms with Crippen LogP contribution in [0.15, 0.2) is 24.4 Å². The fraction of sp³-hybridized carbons (Fsp3) is 0.552. The zero-order valence-electron chi connectivity index (χ0n) is 23.1. The molecule has 1 aromatic carbocycles. The number of imidazole rings is 1. The fourth-order valence-corrected chi connectivity index (χ4v) is 6.46. The molecule has 3 fully saturated rings. The summed E-state index contributed by atoms with van der Waals surface area (Å²) < 4.78 is 28.7. The van der Waals surface area contributed by atoms with Gasteiger partial charge in [-0.05, 0) is 38.0 Å². The molecule has 0 bridgehead atoms. The number of hydrogen-bond acceptors (Lipinski definition) is 8. The molecule has 1 N–H and O–H groups in total. The van der Waals surface area contributed by atoms with Crippen molar-refractivity contribution in [3.63, 3.8) is 0 Å². The van der Waals surface area contributed by atoms with Crippen molar-refractivity contribution in [2.75, 3.05) is 70.6 Å². The highest BCUT2D eigenvalue weighted by atomic mass is 19.1. The number of aromatic amines is 1. The van der Waals surface area contributed by atoms with E-state index in [0.29, 0.717) is 43.7 Å². The number of anilines is 1. The molecule has 3 aromatic heterocycles. The molecule has 0 radical (unpaired) electrons. The molecule has 3 saturated heterocycles. The van der Waals surface area contributed by atoms with Crippen molar-refractivity contribution in [3.05, 3.63) is 36.0 Å². The topological polar surface area (TPSA) is 87.6 Å². The Hall–Kier alpha value is -3.12. The molecule has 0 aliphatic carbocycles. The van der Waals surface area contributed by atoms with Crippen molar-refractivity contribution in [1.29, 1.82) is 0 Å². The second-order valence-corrected chi connectivity index (χ2v) is 10.9. The third-order valence-corrected chi connectivity index (χ3v) is 8.67. The molecule has 6 heterocycles. The van der Waals surface area contributed by atoms with Crippen molar-refractivity contribution in [2.24, 2.45) is 0 Å². The van der Waals surface area contributed by atoms with Crippen LogP contribution in [0.3, 0.4) is 0 Å². The van der Waals surface area contributed by atoms with E-state index in [0.717, 1.165) is 99.0 Å². The van der Waals surface area contributed by atoms with E-state index < -0.39 is 0 Å². The van der Waals surface area contributed by atoms with Gasteiger partial charge in [-0.2, -0.15) is 0 Å². The summed E-state index contributed by atoms with van der Waals surface area (Å²) in [5, 5.41) is 0.775. The average Bonchev–Trinajstić information content (AvgIpc) is 3.62. The maximum absolute atomic E-state index is 15.4. The second-order valence-electron chi connectivity index (χ2n) is 10.9. The van der Waals surface area contributed by atoms with E-state index in [1.54, 1.807) is 6.07 Å². The Kier molecular flexibility index (Phi) is 7.13. The Labute approximate surface area is 233 Å². The largest absolute Gasteiger partial charge is 0.381 e. The number of aromatic nitrogens is 5. The molecular weight excluding hydrogens is 511 g/mol. The number of H-pyrrole nitrogens is 1. The molecule has 212 valence electrons. The maximum Gasteiger partial charge on any atom is 0.167 e. The monoisotopic (exact) mass is 548 g/mol. The van der Waals surface area contributed by atoms with Gasteiger partial charge in [-0.25, -0.2) is 19.3 Å². The number of nitrogens with one attached hydrogen (secondary N) is 1. The van der Waals surface area contributed by atoms with Crippen molar-refractivity contribution < 1.29 is 13.9 Å². The molecule has 10 nitrogen and oxygen atoms in total. The zero-order valence-corrected chi connectivity index (χ0v) is 23.1. The van der Waals surface area contributed by atoms with Crippen LogP contribution in [0.4, 0.5) is 10.2 Å². The number of nitrogens with zero attached hydrogens (tertiary/aromatic N) is 7. The first-order valence-electron chi connectivity index (χ1n) is 14.6. The number of morpholine rings is 1. The lowest BCUT2D eigenvalue weighted by molar-refractivity contribution is 0.0121. The second kappa shape index (κ2) is 11.0. The van der Waals surface area contributed by atoms with Gasteiger partial charge in [-0.15, -0.1) is 0 Å². The van der Waals surface area contributed by atoms with E-state index >= 15 is 4.39 Å². The van der Waals surface area contributed by atoms with Crippen LogP contribution in [0.25, 0.3) is 33.5 Å². The van der Waals surface area contributed by atoms with Crippen LogP contribution in [-0.4, -0.2) is 106 Å². The third-order valence-electron chi connectivity index (χ3n) is 8.67. The van der Waals surface area contributed by atoms with Crippen molar-refractivity contribution >= 4 is 27.9 Å². The van der Waals surface area contributed by atoms with Gasteiger partial charge < -0.3 is 23.9 Å². The normalized spacial score (nSPS) is 20.2. The number of benzene rings is 1. The number of ether oxygens (including phenoxy) is 2. The van der Waals surface area contributed by atoms with E-state index in [9.17, 15) is 0 Å². The lowest BCUT2D eigenvalue weighted by atomic mass is 10.1. The Morgan fingerprint density at radius 2 is 1.70 bits per heavy atom. The lowest BCUT2D eigenvalue weighted by Crippen LogP contribution is -2.51. The average molecular weight is 549 g/mol. The predicted molar refractivity (Wildman–Crippen MR) is 152 cm³/mol. The molecule has 7 rings (SSSR count). The van der Waals surface area contributed by atoms with Gasteiger partial charge in [0.15, 0.2) is 22.8 Å². The molecule has 3 aliphatic rings. The van der Waals surface area contributed by atoms with E-state index in [1.165, 1.54) is 6.07 Å². The summed E-state index contributed by atoms with van der Waals surface area (Å²) in [7, 11) is 0. The minimum atomic E-state index is -0.329.